The van der Waals surface area contributed by atoms with Crippen LogP contribution in [0.1, 0.15) is 26.5 Å². The second-order valence-corrected chi connectivity index (χ2v) is 6.92. The molecule has 0 saturated carbocycles. The fraction of sp³-hybridized carbons (Fsp3) is 0.200. The molecule has 1 amide bonds. The normalized spacial score (nSPS) is 11.7. The van der Waals surface area contributed by atoms with Crippen molar-refractivity contribution in [2.45, 2.75) is 19.6 Å². The lowest BCUT2D eigenvalue weighted by Crippen LogP contribution is -2.31. The predicted molar refractivity (Wildman–Crippen MR) is 89.5 cm³/mol. The summed E-state index contributed by atoms with van der Waals surface area (Å²) in [5.41, 5.74) is -1.67. The molecule has 0 radical (unpaired) electrons. The van der Waals surface area contributed by atoms with Gasteiger partial charge in [-0.15, -0.1) is 11.3 Å². The van der Waals surface area contributed by atoms with E-state index in [4.69, 9.17) is 11.6 Å². The lowest BCUT2D eigenvalue weighted by atomic mass is 10.2. The number of pyridine rings is 1. The molecule has 0 bridgehead atoms. The maximum atomic E-state index is 12.6. The van der Waals surface area contributed by atoms with Gasteiger partial charge in [0.1, 0.15) is 5.56 Å². The highest BCUT2D eigenvalue weighted by Crippen LogP contribution is 2.31. The van der Waals surface area contributed by atoms with Crippen molar-refractivity contribution < 1.29 is 18.0 Å². The highest BCUT2D eigenvalue weighted by Gasteiger charge is 2.31. The topological polar surface area (TPSA) is 76.4 Å². The van der Waals surface area contributed by atoms with Crippen molar-refractivity contribution in [3.63, 3.8) is 0 Å². The summed E-state index contributed by atoms with van der Waals surface area (Å²) in [6, 6.07) is 0.729. The quantitative estimate of drug-likeness (QED) is 0.730. The van der Waals surface area contributed by atoms with Crippen LogP contribution in [-0.4, -0.2) is 20.3 Å². The summed E-state index contributed by atoms with van der Waals surface area (Å²) in [7, 11) is 0. The molecule has 0 atom stereocenters. The standard InChI is InChI=1S/C15H10ClF3N4O2S/c1-7-6-23-13(25)9(4-22-14(23)26-7)12(24)21-5-11-10(16)2-8(3-20-11)15(17,18)19/h2-4,6H,5H2,1H3,(H,21,24). The first-order valence-corrected chi connectivity index (χ1v) is 8.34. The number of fused-ring (bicyclic) bond motifs is 1. The van der Waals surface area contributed by atoms with Crippen LogP contribution in [0.15, 0.2) is 29.5 Å². The Bertz CT molecular complexity index is 1060. The average molecular weight is 403 g/mol. The number of halogens is 4. The summed E-state index contributed by atoms with van der Waals surface area (Å²) in [4.78, 5) is 33.5. The molecule has 3 aromatic heterocycles. The SMILES string of the molecule is Cc1cn2c(=O)c(C(=O)NCc3ncc(C(F)(F)F)cc3Cl)cnc2s1. The Morgan fingerprint density at radius 3 is 2.73 bits per heavy atom. The number of nitrogens with one attached hydrogen (secondary N) is 1. The van der Waals surface area contributed by atoms with Gasteiger partial charge in [-0.2, -0.15) is 13.2 Å². The minimum absolute atomic E-state index is 0.0496. The third-order valence-corrected chi connectivity index (χ3v) is 4.67. The Morgan fingerprint density at radius 2 is 2.08 bits per heavy atom. The minimum Gasteiger partial charge on any atom is -0.346 e. The summed E-state index contributed by atoms with van der Waals surface area (Å²) in [6.45, 7) is 1.57. The molecule has 0 unspecified atom stereocenters. The van der Waals surface area contributed by atoms with Crippen LogP contribution in [0, 0.1) is 6.92 Å². The Hall–Kier alpha value is -2.46. The van der Waals surface area contributed by atoms with Crippen molar-refractivity contribution in [3.05, 3.63) is 61.7 Å². The number of carbonyl (C=O) groups is 1. The molecular formula is C15H10ClF3N4O2S. The monoisotopic (exact) mass is 402 g/mol. The number of thiazole rings is 1. The van der Waals surface area contributed by atoms with Gasteiger partial charge in [-0.1, -0.05) is 11.6 Å². The molecule has 1 N–H and O–H groups in total. The zero-order chi connectivity index (χ0) is 19.1. The van der Waals surface area contributed by atoms with Crippen LogP contribution < -0.4 is 10.9 Å². The van der Waals surface area contributed by atoms with E-state index in [1.54, 1.807) is 13.1 Å². The van der Waals surface area contributed by atoms with Crippen LogP contribution in [-0.2, 0) is 12.7 Å². The first-order valence-electron chi connectivity index (χ1n) is 7.14. The number of hydrogen-bond donors (Lipinski definition) is 1. The number of nitrogens with zero attached hydrogens (tertiary/aromatic N) is 3. The minimum atomic E-state index is -4.56. The van der Waals surface area contributed by atoms with Crippen LogP contribution in [0.4, 0.5) is 13.2 Å². The molecule has 11 heteroatoms. The molecule has 6 nitrogen and oxygen atoms in total. The van der Waals surface area contributed by atoms with Gasteiger partial charge in [0.25, 0.3) is 11.5 Å². The molecule has 0 spiro atoms. The number of rotatable bonds is 3. The van der Waals surface area contributed by atoms with Gasteiger partial charge in [-0.25, -0.2) is 4.98 Å². The van der Waals surface area contributed by atoms with Crippen LogP contribution in [0.2, 0.25) is 5.02 Å². The number of carbonyl (C=O) groups excluding carboxylic acids is 1. The summed E-state index contributed by atoms with van der Waals surface area (Å²) in [6.07, 6.45) is -1.21. The smallest absolute Gasteiger partial charge is 0.346 e. The summed E-state index contributed by atoms with van der Waals surface area (Å²) in [5.74, 6) is -0.724. The predicted octanol–water partition coefficient (Wildman–Crippen LogP) is 3.06. The lowest BCUT2D eigenvalue weighted by molar-refractivity contribution is -0.137. The molecule has 0 fully saturated rings. The number of alkyl halides is 3. The number of hydrogen-bond acceptors (Lipinski definition) is 5. The van der Waals surface area contributed by atoms with Gasteiger partial charge >= 0.3 is 6.18 Å². The second-order valence-electron chi connectivity index (χ2n) is 5.30. The van der Waals surface area contributed by atoms with Crippen molar-refractivity contribution >= 4 is 33.8 Å². The summed E-state index contributed by atoms with van der Waals surface area (Å²) < 4.78 is 39.1. The van der Waals surface area contributed by atoms with E-state index in [0.717, 1.165) is 17.1 Å². The molecule has 3 heterocycles. The molecule has 0 aromatic carbocycles. The molecule has 0 aliphatic carbocycles. The first kappa shape index (κ1) is 18.3. The van der Waals surface area contributed by atoms with Gasteiger partial charge in [-0.05, 0) is 13.0 Å². The fourth-order valence-corrected chi connectivity index (χ4v) is 3.18. The van der Waals surface area contributed by atoms with Crippen molar-refractivity contribution in [1.82, 2.24) is 19.7 Å². The van der Waals surface area contributed by atoms with Gasteiger partial charge in [0, 0.05) is 23.5 Å². The number of aryl methyl sites for hydroxylation is 1. The Labute approximate surface area is 153 Å². The number of amides is 1. The van der Waals surface area contributed by atoms with E-state index >= 15 is 0 Å². The Kier molecular flexibility index (Phi) is 4.72. The van der Waals surface area contributed by atoms with E-state index in [0.29, 0.717) is 11.2 Å². The molecule has 136 valence electrons. The van der Waals surface area contributed by atoms with E-state index in [1.807, 2.05) is 0 Å². The zero-order valence-electron chi connectivity index (χ0n) is 13.1. The average Bonchev–Trinajstić information content (AvgIpc) is 2.94. The fourth-order valence-electron chi connectivity index (χ4n) is 2.16. The molecule has 26 heavy (non-hydrogen) atoms. The molecule has 3 rings (SSSR count). The van der Waals surface area contributed by atoms with Crippen molar-refractivity contribution in [2.24, 2.45) is 0 Å². The van der Waals surface area contributed by atoms with Gasteiger partial charge in [0.15, 0.2) is 4.96 Å². The number of aromatic nitrogens is 3. The third-order valence-electron chi connectivity index (χ3n) is 3.43. The van der Waals surface area contributed by atoms with E-state index in [2.05, 4.69) is 15.3 Å². The Balaban J connectivity index is 1.79. The van der Waals surface area contributed by atoms with Gasteiger partial charge < -0.3 is 5.32 Å². The maximum Gasteiger partial charge on any atom is 0.417 e. The molecule has 0 saturated heterocycles. The van der Waals surface area contributed by atoms with Crippen LogP contribution in [0.25, 0.3) is 4.96 Å². The van der Waals surface area contributed by atoms with Crippen molar-refractivity contribution in [1.29, 1.82) is 0 Å². The summed E-state index contributed by atoms with van der Waals surface area (Å²) >= 11 is 7.09. The zero-order valence-corrected chi connectivity index (χ0v) is 14.7. The van der Waals surface area contributed by atoms with Crippen molar-refractivity contribution in [3.8, 4) is 0 Å². The highest BCUT2D eigenvalue weighted by molar-refractivity contribution is 7.16. The van der Waals surface area contributed by atoms with Crippen LogP contribution in [0.5, 0.6) is 0 Å². The first-order chi connectivity index (χ1) is 12.2. The van der Waals surface area contributed by atoms with Crippen LogP contribution in [0.3, 0.4) is 0 Å². The molecule has 0 aliphatic rings. The third kappa shape index (κ3) is 3.56. The lowest BCUT2D eigenvalue weighted by Gasteiger charge is -2.10. The van der Waals surface area contributed by atoms with Crippen molar-refractivity contribution in [2.75, 3.05) is 0 Å². The molecular weight excluding hydrogens is 393 g/mol. The molecule has 3 aromatic rings. The second kappa shape index (κ2) is 6.69. The largest absolute Gasteiger partial charge is 0.417 e. The van der Waals surface area contributed by atoms with Crippen LogP contribution >= 0.6 is 22.9 Å². The highest BCUT2D eigenvalue weighted by atomic mass is 35.5. The van der Waals surface area contributed by atoms with Gasteiger partial charge in [0.05, 0.1) is 22.8 Å². The summed E-state index contributed by atoms with van der Waals surface area (Å²) in [5, 5.41) is 2.17. The van der Waals surface area contributed by atoms with E-state index in [1.165, 1.54) is 15.7 Å². The van der Waals surface area contributed by atoms with E-state index in [9.17, 15) is 22.8 Å². The Morgan fingerprint density at radius 1 is 1.35 bits per heavy atom. The van der Waals surface area contributed by atoms with Gasteiger partial charge in [0.2, 0.25) is 0 Å². The van der Waals surface area contributed by atoms with E-state index in [-0.39, 0.29) is 22.8 Å². The van der Waals surface area contributed by atoms with Gasteiger partial charge in [-0.3, -0.25) is 19.0 Å². The maximum absolute atomic E-state index is 12.6. The molecule has 0 aliphatic heterocycles. The van der Waals surface area contributed by atoms with E-state index < -0.39 is 23.2 Å².